The van der Waals surface area contributed by atoms with Crippen LogP contribution in [0, 0.1) is 0 Å². The molecular formula is C17H27N3. The summed E-state index contributed by atoms with van der Waals surface area (Å²) in [4.78, 5) is 5.34. The summed E-state index contributed by atoms with van der Waals surface area (Å²) in [7, 11) is 0. The van der Waals surface area contributed by atoms with Crippen molar-refractivity contribution in [1.82, 2.24) is 15.1 Å². The zero-order valence-electron chi connectivity index (χ0n) is 12.6. The highest BCUT2D eigenvalue weighted by atomic mass is 15.3. The second-order valence-corrected chi connectivity index (χ2v) is 6.11. The van der Waals surface area contributed by atoms with Gasteiger partial charge in [0.1, 0.15) is 0 Å². The van der Waals surface area contributed by atoms with Crippen LogP contribution in [0.5, 0.6) is 0 Å². The van der Waals surface area contributed by atoms with Crippen molar-refractivity contribution in [1.29, 1.82) is 0 Å². The number of rotatable bonds is 5. The largest absolute Gasteiger partial charge is 0.314 e. The first-order valence-electron chi connectivity index (χ1n) is 8.12. The van der Waals surface area contributed by atoms with E-state index < -0.39 is 0 Å². The van der Waals surface area contributed by atoms with Crippen LogP contribution in [0.4, 0.5) is 0 Å². The van der Waals surface area contributed by atoms with Crippen molar-refractivity contribution < 1.29 is 0 Å². The van der Waals surface area contributed by atoms with Gasteiger partial charge in [0.25, 0.3) is 0 Å². The lowest BCUT2D eigenvalue weighted by Crippen LogP contribution is -2.63. The van der Waals surface area contributed by atoms with Crippen LogP contribution in [-0.2, 0) is 0 Å². The van der Waals surface area contributed by atoms with Crippen LogP contribution >= 0.6 is 0 Å². The van der Waals surface area contributed by atoms with Crippen LogP contribution in [0.25, 0.3) is 0 Å². The maximum atomic E-state index is 3.44. The van der Waals surface area contributed by atoms with E-state index in [4.69, 9.17) is 0 Å². The molecule has 3 rings (SSSR count). The molecule has 2 fully saturated rings. The molecule has 1 N–H and O–H groups in total. The van der Waals surface area contributed by atoms with Crippen molar-refractivity contribution in [3.63, 3.8) is 0 Å². The summed E-state index contributed by atoms with van der Waals surface area (Å²) >= 11 is 0. The summed E-state index contributed by atoms with van der Waals surface area (Å²) in [5.74, 6) is 0. The third-order valence-corrected chi connectivity index (χ3v) is 4.75. The van der Waals surface area contributed by atoms with Crippen LogP contribution in [-0.4, -0.2) is 55.1 Å². The Morgan fingerprint density at radius 1 is 1.15 bits per heavy atom. The normalized spacial score (nSPS) is 23.4. The molecule has 3 heteroatoms. The minimum Gasteiger partial charge on any atom is -0.314 e. The fourth-order valence-electron chi connectivity index (χ4n) is 3.53. The van der Waals surface area contributed by atoms with Gasteiger partial charge in [0.05, 0.1) is 0 Å². The van der Waals surface area contributed by atoms with E-state index in [0.29, 0.717) is 6.04 Å². The van der Waals surface area contributed by atoms with Gasteiger partial charge < -0.3 is 5.32 Å². The number of nitrogens with one attached hydrogen (secondary N) is 1. The molecule has 2 saturated heterocycles. The van der Waals surface area contributed by atoms with E-state index in [1.807, 2.05) is 0 Å². The molecule has 1 unspecified atom stereocenters. The molecule has 3 nitrogen and oxygen atoms in total. The molecule has 2 aliphatic rings. The summed E-state index contributed by atoms with van der Waals surface area (Å²) in [6, 6.07) is 12.5. The predicted molar refractivity (Wildman–Crippen MR) is 83.9 cm³/mol. The van der Waals surface area contributed by atoms with Gasteiger partial charge in [-0.05, 0) is 12.0 Å². The first kappa shape index (κ1) is 14.1. The molecule has 0 amide bonds. The van der Waals surface area contributed by atoms with E-state index in [2.05, 4.69) is 52.4 Å². The SMILES string of the molecule is CCCC(c1ccccc1)N1CC(N2CCNCC2)C1. The van der Waals surface area contributed by atoms with Crippen molar-refractivity contribution in [2.24, 2.45) is 0 Å². The molecule has 0 saturated carbocycles. The lowest BCUT2D eigenvalue weighted by Gasteiger charge is -2.50. The maximum absolute atomic E-state index is 3.44. The zero-order chi connectivity index (χ0) is 13.8. The number of hydrogen-bond donors (Lipinski definition) is 1. The molecule has 0 spiro atoms. The Balaban J connectivity index is 1.58. The molecule has 0 bridgehead atoms. The number of likely N-dealkylation sites (tertiary alicyclic amines) is 1. The van der Waals surface area contributed by atoms with Crippen molar-refractivity contribution in [3.05, 3.63) is 35.9 Å². The Morgan fingerprint density at radius 3 is 2.50 bits per heavy atom. The Labute approximate surface area is 123 Å². The third kappa shape index (κ3) is 3.05. The lowest BCUT2D eigenvalue weighted by molar-refractivity contribution is -0.00375. The monoisotopic (exact) mass is 273 g/mol. The first-order valence-corrected chi connectivity index (χ1v) is 8.12. The minimum absolute atomic E-state index is 0.625. The highest BCUT2D eigenvalue weighted by molar-refractivity contribution is 5.20. The molecule has 0 radical (unpaired) electrons. The Hall–Kier alpha value is -0.900. The second-order valence-electron chi connectivity index (χ2n) is 6.11. The summed E-state index contributed by atoms with van der Waals surface area (Å²) in [6.45, 7) is 9.56. The van der Waals surface area contributed by atoms with Gasteiger partial charge in [-0.3, -0.25) is 9.80 Å². The van der Waals surface area contributed by atoms with Crippen LogP contribution in [0.3, 0.4) is 0 Å². The Morgan fingerprint density at radius 2 is 1.85 bits per heavy atom. The maximum Gasteiger partial charge on any atom is 0.0351 e. The van der Waals surface area contributed by atoms with E-state index >= 15 is 0 Å². The topological polar surface area (TPSA) is 18.5 Å². The van der Waals surface area contributed by atoms with E-state index in [1.165, 1.54) is 44.6 Å². The van der Waals surface area contributed by atoms with Crippen LogP contribution in [0.2, 0.25) is 0 Å². The Kier molecular flexibility index (Phi) is 4.71. The van der Waals surface area contributed by atoms with Crippen LogP contribution in [0.1, 0.15) is 31.4 Å². The highest BCUT2D eigenvalue weighted by Gasteiger charge is 2.36. The fraction of sp³-hybridized carbons (Fsp3) is 0.647. The standard InChI is InChI=1S/C17H27N3/c1-2-6-17(15-7-4-3-5-8-15)20-13-16(14-20)19-11-9-18-10-12-19/h3-5,7-8,16-18H,2,6,9-14H2,1H3. The molecule has 110 valence electrons. The number of benzene rings is 1. The quantitative estimate of drug-likeness (QED) is 0.886. The minimum atomic E-state index is 0.625. The molecule has 1 aromatic rings. The van der Waals surface area contributed by atoms with Gasteiger partial charge in [-0.2, -0.15) is 0 Å². The van der Waals surface area contributed by atoms with Gasteiger partial charge in [0, 0.05) is 51.4 Å². The second kappa shape index (κ2) is 6.70. The summed E-state index contributed by atoms with van der Waals surface area (Å²) in [6.07, 6.45) is 2.53. The molecular weight excluding hydrogens is 246 g/mol. The van der Waals surface area contributed by atoms with Gasteiger partial charge in [-0.25, -0.2) is 0 Å². The first-order chi connectivity index (χ1) is 9.88. The van der Waals surface area contributed by atoms with E-state index in [9.17, 15) is 0 Å². The summed E-state index contributed by atoms with van der Waals surface area (Å²) in [5, 5.41) is 3.44. The lowest BCUT2D eigenvalue weighted by atomic mass is 9.95. The van der Waals surface area contributed by atoms with Gasteiger partial charge in [-0.1, -0.05) is 43.7 Å². The third-order valence-electron chi connectivity index (χ3n) is 4.75. The molecule has 1 atom stereocenters. The molecule has 0 aromatic heterocycles. The number of hydrogen-bond acceptors (Lipinski definition) is 3. The van der Waals surface area contributed by atoms with Gasteiger partial charge in [0.2, 0.25) is 0 Å². The van der Waals surface area contributed by atoms with Crippen molar-refractivity contribution in [2.75, 3.05) is 39.3 Å². The van der Waals surface area contributed by atoms with Gasteiger partial charge in [-0.15, -0.1) is 0 Å². The molecule has 0 aliphatic carbocycles. The average molecular weight is 273 g/mol. The molecule has 20 heavy (non-hydrogen) atoms. The van der Waals surface area contributed by atoms with Crippen molar-refractivity contribution >= 4 is 0 Å². The number of piperazine rings is 1. The predicted octanol–water partition coefficient (Wildman–Crippen LogP) is 2.12. The molecule has 1 aromatic carbocycles. The van der Waals surface area contributed by atoms with E-state index in [-0.39, 0.29) is 0 Å². The fourth-order valence-corrected chi connectivity index (χ4v) is 3.53. The van der Waals surface area contributed by atoms with Crippen LogP contribution < -0.4 is 5.32 Å². The number of nitrogens with zero attached hydrogens (tertiary/aromatic N) is 2. The molecule has 2 aliphatic heterocycles. The van der Waals surface area contributed by atoms with Gasteiger partial charge in [0.15, 0.2) is 0 Å². The van der Waals surface area contributed by atoms with Crippen molar-refractivity contribution in [2.45, 2.75) is 31.8 Å². The van der Waals surface area contributed by atoms with Gasteiger partial charge >= 0.3 is 0 Å². The van der Waals surface area contributed by atoms with E-state index in [1.54, 1.807) is 0 Å². The highest BCUT2D eigenvalue weighted by Crippen LogP contribution is 2.31. The Bertz CT molecular complexity index is 394. The average Bonchev–Trinajstić information content (AvgIpc) is 2.47. The van der Waals surface area contributed by atoms with Crippen molar-refractivity contribution in [3.8, 4) is 0 Å². The zero-order valence-corrected chi connectivity index (χ0v) is 12.6. The summed E-state index contributed by atoms with van der Waals surface area (Å²) in [5.41, 5.74) is 1.49. The van der Waals surface area contributed by atoms with E-state index in [0.717, 1.165) is 19.1 Å². The molecule has 2 heterocycles. The summed E-state index contributed by atoms with van der Waals surface area (Å²) < 4.78 is 0. The smallest absolute Gasteiger partial charge is 0.0351 e. The van der Waals surface area contributed by atoms with Crippen LogP contribution in [0.15, 0.2) is 30.3 Å².